The zero-order chi connectivity index (χ0) is 38.8. The molecular weight excluding hydrogens is 692 g/mol. The summed E-state index contributed by atoms with van der Waals surface area (Å²) in [5.41, 5.74) is 0.871. The number of aryl methyl sites for hydroxylation is 1. The van der Waals surface area contributed by atoms with Crippen molar-refractivity contribution in [1.29, 1.82) is 0 Å². The Morgan fingerprint density at radius 2 is 1.57 bits per heavy atom. The molecule has 2 aromatic rings. The van der Waals surface area contributed by atoms with E-state index in [0.29, 0.717) is 12.1 Å². The summed E-state index contributed by atoms with van der Waals surface area (Å²) in [5, 5.41) is 17.2. The summed E-state index contributed by atoms with van der Waals surface area (Å²) >= 11 is 0. The number of amides is 5. The van der Waals surface area contributed by atoms with Gasteiger partial charge in [0.15, 0.2) is 0 Å². The average Bonchev–Trinajstić information content (AvgIpc) is 3.93. The lowest BCUT2D eigenvalue weighted by molar-refractivity contribution is -0.138. The Hall–Kier alpha value is -4.66. The van der Waals surface area contributed by atoms with Crippen LogP contribution in [0.3, 0.4) is 0 Å². The summed E-state index contributed by atoms with van der Waals surface area (Å²) in [6.45, 7) is 10.7. The molecule has 1 unspecified atom stereocenters. The predicted octanol–water partition coefficient (Wildman–Crippen LogP) is 4.36. The molecule has 1 aromatic carbocycles. The van der Waals surface area contributed by atoms with Crippen molar-refractivity contribution in [1.82, 2.24) is 34.9 Å². The molecule has 15 heteroatoms. The van der Waals surface area contributed by atoms with Gasteiger partial charge in [0, 0.05) is 57.0 Å². The van der Waals surface area contributed by atoms with Gasteiger partial charge in [0.25, 0.3) is 0 Å². The lowest BCUT2D eigenvalue weighted by Gasteiger charge is -2.43. The van der Waals surface area contributed by atoms with E-state index in [-0.39, 0.29) is 43.9 Å². The van der Waals surface area contributed by atoms with E-state index in [1.54, 1.807) is 56.7 Å². The van der Waals surface area contributed by atoms with Crippen LogP contribution < -0.4 is 21.6 Å². The van der Waals surface area contributed by atoms with Gasteiger partial charge < -0.3 is 30.3 Å². The number of carboxylic acid groups (broad SMARTS) is 1. The van der Waals surface area contributed by atoms with Crippen LogP contribution in [-0.4, -0.2) is 115 Å². The third-order valence-corrected chi connectivity index (χ3v) is 11.0. The van der Waals surface area contributed by atoms with Gasteiger partial charge in [-0.3, -0.25) is 19.6 Å². The molecule has 4 N–H and O–H groups in total. The zero-order valence-corrected chi connectivity index (χ0v) is 32.2. The monoisotopic (exact) mass is 748 g/mol. The second-order valence-corrected chi connectivity index (χ2v) is 16.9. The van der Waals surface area contributed by atoms with Crippen molar-refractivity contribution >= 4 is 29.9 Å². The summed E-state index contributed by atoms with van der Waals surface area (Å²) in [4.78, 5) is 73.0. The fraction of sp³-hybridized carbons (Fsp3) is 0.641. The first kappa shape index (κ1) is 39.0. The maximum Gasteiger partial charge on any atom is 0.408 e. The molecule has 4 aliphatic rings. The van der Waals surface area contributed by atoms with E-state index in [0.717, 1.165) is 63.1 Å². The van der Waals surface area contributed by atoms with Crippen molar-refractivity contribution in [3.05, 3.63) is 52.1 Å². The van der Waals surface area contributed by atoms with Gasteiger partial charge in [-0.15, -0.1) is 0 Å². The van der Waals surface area contributed by atoms with Crippen LogP contribution in [0.1, 0.15) is 90.7 Å². The number of piperazine rings is 1. The maximum absolute atomic E-state index is 13.2. The highest BCUT2D eigenvalue weighted by Gasteiger charge is 2.38. The topological polar surface area (TPSA) is 178 Å². The number of nitrogens with zero attached hydrogens (tertiary/aromatic N) is 5. The number of anilines is 1. The number of carbonyl (C=O) groups excluding carboxylic acids is 3. The number of rotatable bonds is 9. The Morgan fingerprint density at radius 1 is 0.889 bits per heavy atom. The number of fused-ring (bicyclic) bond motifs is 1. The molecule has 1 atom stereocenters. The highest BCUT2D eigenvalue weighted by atomic mass is 16.6. The molecule has 0 spiro atoms. The summed E-state index contributed by atoms with van der Waals surface area (Å²) < 4.78 is 6.79. The molecule has 0 radical (unpaired) electrons. The van der Waals surface area contributed by atoms with Crippen LogP contribution >= 0.6 is 0 Å². The fourth-order valence-electron chi connectivity index (χ4n) is 8.05. The average molecular weight is 749 g/mol. The van der Waals surface area contributed by atoms with Crippen LogP contribution in [0, 0.1) is 5.92 Å². The summed E-state index contributed by atoms with van der Waals surface area (Å²) in [5.74, 6) is 0.639. The van der Waals surface area contributed by atoms with E-state index in [2.05, 4.69) is 38.0 Å². The number of hydrogen-bond acceptors (Lipinski definition) is 8. The van der Waals surface area contributed by atoms with Gasteiger partial charge in [0.2, 0.25) is 5.91 Å². The smallest absolute Gasteiger partial charge is 0.408 e. The van der Waals surface area contributed by atoms with Crippen molar-refractivity contribution in [2.24, 2.45) is 5.92 Å². The SMILES string of the molecule is CC(C)(C)OC(=O)NC(C)(C)C(=O)N1CCN(C(=O)Nc2ccn(-c3ccc4c(c3)CCC(N(CC3CC3)[C@H]3CC[C@H](NC(=O)O)CC3)C4)c(=O)n2)CC1. The third-order valence-electron chi connectivity index (χ3n) is 11.0. The minimum atomic E-state index is -1.19. The molecule has 2 saturated carbocycles. The van der Waals surface area contributed by atoms with Gasteiger partial charge in [0.05, 0.1) is 5.69 Å². The lowest BCUT2D eigenvalue weighted by atomic mass is 9.84. The van der Waals surface area contributed by atoms with Gasteiger partial charge in [-0.25, -0.2) is 19.2 Å². The van der Waals surface area contributed by atoms with Crippen molar-refractivity contribution in [3.63, 3.8) is 0 Å². The molecule has 1 saturated heterocycles. The van der Waals surface area contributed by atoms with E-state index in [4.69, 9.17) is 9.84 Å². The first-order chi connectivity index (χ1) is 25.5. The van der Waals surface area contributed by atoms with Crippen LogP contribution in [0.15, 0.2) is 35.3 Å². The maximum atomic E-state index is 13.2. The van der Waals surface area contributed by atoms with E-state index >= 15 is 0 Å². The van der Waals surface area contributed by atoms with Crippen LogP contribution in [0.5, 0.6) is 0 Å². The van der Waals surface area contributed by atoms with Gasteiger partial charge in [0.1, 0.15) is 17.0 Å². The minimum Gasteiger partial charge on any atom is -0.465 e. The number of aromatic nitrogens is 2. The van der Waals surface area contributed by atoms with Gasteiger partial charge in [-0.1, -0.05) is 6.07 Å². The molecule has 15 nitrogen and oxygen atoms in total. The number of hydrogen-bond donors (Lipinski definition) is 4. The standard InChI is InChI=1S/C39H56N8O7/c1-38(2,3)54-37(53)43-39(4,5)33(48)44-18-20-45(21-19-44)34(49)41-32-16-17-46(35(50)42-32)30-12-8-27-23-31(13-9-26(27)22-30)47(24-25-6-7-25)29-14-10-28(11-15-29)40-36(51)52/h8,12,16-17,22,25,28-29,31,40H,6-7,9-11,13-15,18-21,23-24H2,1-5H3,(H,43,53)(H,51,52)(H,41,42,49,50)/t28-,29-,31?. The normalized spacial score (nSPS) is 21.9. The van der Waals surface area contributed by atoms with Crippen LogP contribution in [-0.2, 0) is 22.4 Å². The zero-order valence-electron chi connectivity index (χ0n) is 32.2. The molecule has 3 fully saturated rings. The molecule has 1 aromatic heterocycles. The van der Waals surface area contributed by atoms with Crippen molar-refractivity contribution in [3.8, 4) is 5.69 Å². The van der Waals surface area contributed by atoms with E-state index < -0.39 is 35.0 Å². The van der Waals surface area contributed by atoms with Gasteiger partial charge >= 0.3 is 23.9 Å². The number of urea groups is 1. The molecule has 6 rings (SSSR count). The number of carbonyl (C=O) groups is 4. The lowest BCUT2D eigenvalue weighted by Crippen LogP contribution is -2.60. The second-order valence-electron chi connectivity index (χ2n) is 16.9. The Kier molecular flexibility index (Phi) is 11.6. The van der Waals surface area contributed by atoms with Crippen LogP contribution in [0.2, 0.25) is 0 Å². The Bertz CT molecular complexity index is 1770. The van der Waals surface area contributed by atoms with Crippen molar-refractivity contribution in [2.45, 2.75) is 122 Å². The molecule has 5 amide bonds. The molecule has 0 bridgehead atoms. The van der Waals surface area contributed by atoms with Gasteiger partial charge in [-0.2, -0.15) is 4.98 Å². The molecule has 2 heterocycles. The van der Waals surface area contributed by atoms with Gasteiger partial charge in [-0.05, 0) is 128 Å². The molecule has 1 aliphatic heterocycles. The Balaban J connectivity index is 1.02. The summed E-state index contributed by atoms with van der Waals surface area (Å²) in [7, 11) is 0. The van der Waals surface area contributed by atoms with Crippen LogP contribution in [0.25, 0.3) is 5.69 Å². The number of ether oxygens (including phenoxy) is 1. The molecular formula is C39H56N8O7. The van der Waals surface area contributed by atoms with E-state index in [1.165, 1.54) is 28.5 Å². The number of alkyl carbamates (subject to hydrolysis) is 1. The van der Waals surface area contributed by atoms with Crippen molar-refractivity contribution in [2.75, 3.05) is 38.0 Å². The van der Waals surface area contributed by atoms with E-state index in [9.17, 15) is 24.0 Å². The molecule has 3 aliphatic carbocycles. The summed E-state index contributed by atoms with van der Waals surface area (Å²) in [6.07, 6.45) is 9.29. The van der Waals surface area contributed by atoms with Crippen molar-refractivity contribution < 1.29 is 29.0 Å². The highest BCUT2D eigenvalue weighted by Crippen LogP contribution is 2.37. The molecule has 294 valence electrons. The molecule has 54 heavy (non-hydrogen) atoms. The predicted molar refractivity (Wildman–Crippen MR) is 203 cm³/mol. The first-order valence-electron chi connectivity index (χ1n) is 19.4. The number of nitrogens with one attached hydrogen (secondary N) is 3. The van der Waals surface area contributed by atoms with E-state index in [1.807, 2.05) is 6.07 Å². The highest BCUT2D eigenvalue weighted by molar-refractivity contribution is 5.90. The minimum absolute atomic E-state index is 0.0474. The third kappa shape index (κ3) is 9.90. The van der Waals surface area contributed by atoms with Crippen LogP contribution in [0.4, 0.5) is 20.2 Å². The number of benzene rings is 1. The quantitative estimate of drug-likeness (QED) is 0.290. The Morgan fingerprint density at radius 3 is 2.20 bits per heavy atom. The first-order valence-corrected chi connectivity index (χ1v) is 19.4. The fourth-order valence-corrected chi connectivity index (χ4v) is 8.05. The summed E-state index contributed by atoms with van der Waals surface area (Å²) in [6, 6.07) is 8.33. The second kappa shape index (κ2) is 16.0. The largest absolute Gasteiger partial charge is 0.465 e. The Labute approximate surface area is 316 Å².